The quantitative estimate of drug-likeness (QED) is 0.150. The van der Waals surface area contributed by atoms with E-state index in [1.165, 1.54) is 38.1 Å². The van der Waals surface area contributed by atoms with Crippen molar-refractivity contribution < 1.29 is 8.98 Å². The zero-order valence-electron chi connectivity index (χ0n) is 36.8. The van der Waals surface area contributed by atoms with E-state index in [9.17, 15) is 0 Å². The number of hydrogen-bond acceptors (Lipinski definition) is 3. The van der Waals surface area contributed by atoms with Crippen molar-refractivity contribution in [3.05, 3.63) is 236 Å². The van der Waals surface area contributed by atoms with Crippen LogP contribution in [0.15, 0.2) is 235 Å². The van der Waals surface area contributed by atoms with Gasteiger partial charge < -0.3 is 8.98 Å². The van der Waals surface area contributed by atoms with Crippen molar-refractivity contribution >= 4 is 76.3 Å². The number of hydrogen-bond donors (Lipinski definition) is 0. The first kappa shape index (κ1) is 38.2. The van der Waals surface area contributed by atoms with Crippen LogP contribution in [0.25, 0.3) is 122 Å². The Morgan fingerprint density at radius 1 is 0.426 bits per heavy atom. The van der Waals surface area contributed by atoms with Gasteiger partial charge in [0.05, 0.1) is 34.2 Å². The summed E-state index contributed by atoms with van der Waals surface area (Å²) in [4.78, 5) is 10.4. The molecule has 6 heteroatoms. The fraction of sp³-hybridized carbons (Fsp3) is 0.0161. The summed E-state index contributed by atoms with van der Waals surface area (Å²) >= 11 is 0. The molecule has 0 bridgehead atoms. The highest BCUT2D eigenvalue weighted by Crippen LogP contribution is 2.43. The second-order valence-electron chi connectivity index (χ2n) is 17.6. The molecule has 4 aromatic heterocycles. The summed E-state index contributed by atoms with van der Waals surface area (Å²) in [5.74, 6) is 1.48. The van der Waals surface area contributed by atoms with Crippen molar-refractivity contribution in [2.75, 3.05) is 0 Å². The van der Waals surface area contributed by atoms with Crippen molar-refractivity contribution in [2.24, 2.45) is 0 Å². The Morgan fingerprint density at radius 3 is 1.91 bits per heavy atom. The van der Waals surface area contributed by atoms with E-state index < -0.39 is 0 Å². The van der Waals surface area contributed by atoms with Gasteiger partial charge in [0.1, 0.15) is 11.2 Å². The molecule has 0 atom stereocenters. The van der Waals surface area contributed by atoms with Crippen LogP contribution in [0.5, 0.6) is 0 Å². The fourth-order valence-corrected chi connectivity index (χ4v) is 10.6. The predicted octanol–water partition coefficient (Wildman–Crippen LogP) is 15.1. The average Bonchev–Trinajstić information content (AvgIpc) is 4.07. The van der Waals surface area contributed by atoms with E-state index in [1.54, 1.807) is 0 Å². The molecule has 0 saturated carbocycles. The number of benzene rings is 10. The maximum absolute atomic E-state index is 6.62. The molecule has 0 aliphatic rings. The van der Waals surface area contributed by atoms with E-state index in [-0.39, 0.29) is 0 Å². The molecule has 4 heterocycles. The van der Waals surface area contributed by atoms with Gasteiger partial charge in [0.15, 0.2) is 0 Å². The number of fused-ring (bicyclic) bond motifs is 11. The van der Waals surface area contributed by atoms with Crippen LogP contribution in [-0.4, -0.2) is 19.1 Å². The fourth-order valence-electron chi connectivity index (χ4n) is 10.6. The molecule has 6 nitrogen and oxygen atoms in total. The SMILES string of the molecule is c1ccc(C[n+]2cnc(-n3c4ccccc4c4cc(-c5cccc6oc7ccc(-c8ccc9c(c8)c8ccc%10ccccc%10c8n9-c8ccccc8)cc7c56)ccc43)nc2-c2ccccc2)cc1. The molecular weight excluding hydrogens is 831 g/mol. The summed E-state index contributed by atoms with van der Waals surface area (Å²) in [5, 5.41) is 9.38. The molecule has 0 aliphatic carbocycles. The van der Waals surface area contributed by atoms with Gasteiger partial charge in [-0.15, -0.1) is 0 Å². The van der Waals surface area contributed by atoms with Crippen LogP contribution in [0.4, 0.5) is 0 Å². The van der Waals surface area contributed by atoms with E-state index >= 15 is 0 Å². The summed E-state index contributed by atoms with van der Waals surface area (Å²) in [6, 6.07) is 80.0. The van der Waals surface area contributed by atoms with E-state index in [0.717, 1.165) is 83.1 Å². The van der Waals surface area contributed by atoms with Gasteiger partial charge in [-0.3, -0.25) is 0 Å². The Labute approximate surface area is 390 Å². The Balaban J connectivity index is 0.908. The molecule has 0 N–H and O–H groups in total. The standard InChI is InChI=1S/C62H40N5O/c1-4-15-40(16-5-1)38-65-39-63-62(64-61(65)42-18-6-2-7-19-42)67-54-25-13-12-23-49(54)51-37-45(29-33-56(51)67)47-24-14-26-58-59(47)53-36-44(30-34-57(53)68-58)43-28-32-55-52(35-43)50-31-27-41-17-10-11-22-48(41)60(50)66(55)46-20-8-3-9-21-46/h1-37,39H,38H2/q+1. The Morgan fingerprint density at radius 2 is 1.07 bits per heavy atom. The molecule has 0 saturated heterocycles. The number of aromatic nitrogens is 5. The van der Waals surface area contributed by atoms with E-state index in [0.29, 0.717) is 12.5 Å². The van der Waals surface area contributed by atoms with Gasteiger partial charge in [-0.05, 0) is 111 Å². The number of nitrogens with zero attached hydrogens (tertiary/aromatic N) is 5. The third-order valence-corrected chi connectivity index (χ3v) is 13.7. The molecule has 318 valence electrons. The minimum Gasteiger partial charge on any atom is -0.456 e. The number of furan rings is 1. The minimum atomic E-state index is 0.624. The molecule has 0 aliphatic heterocycles. The van der Waals surface area contributed by atoms with Crippen LogP contribution in [0.3, 0.4) is 0 Å². The maximum atomic E-state index is 6.62. The second kappa shape index (κ2) is 15.2. The third kappa shape index (κ3) is 6.01. The molecule has 0 fully saturated rings. The molecule has 14 aromatic rings. The van der Waals surface area contributed by atoms with Crippen molar-refractivity contribution in [1.82, 2.24) is 19.1 Å². The van der Waals surface area contributed by atoms with Crippen molar-refractivity contribution in [2.45, 2.75) is 6.54 Å². The van der Waals surface area contributed by atoms with Crippen LogP contribution in [0.2, 0.25) is 0 Å². The molecule has 0 amide bonds. The van der Waals surface area contributed by atoms with Crippen molar-refractivity contribution in [3.63, 3.8) is 0 Å². The second-order valence-corrected chi connectivity index (χ2v) is 17.6. The summed E-state index contributed by atoms with van der Waals surface area (Å²) in [6.07, 6.45) is 1.93. The molecule has 68 heavy (non-hydrogen) atoms. The highest BCUT2D eigenvalue weighted by molar-refractivity contribution is 6.20. The van der Waals surface area contributed by atoms with Gasteiger partial charge >= 0.3 is 5.95 Å². The minimum absolute atomic E-state index is 0.624. The first-order chi connectivity index (χ1) is 33.7. The summed E-state index contributed by atoms with van der Waals surface area (Å²) in [7, 11) is 0. The molecule has 0 unspecified atom stereocenters. The average molecular weight is 871 g/mol. The zero-order valence-corrected chi connectivity index (χ0v) is 36.8. The monoisotopic (exact) mass is 870 g/mol. The van der Waals surface area contributed by atoms with Crippen LogP contribution in [0.1, 0.15) is 5.56 Å². The third-order valence-electron chi connectivity index (χ3n) is 13.7. The predicted molar refractivity (Wildman–Crippen MR) is 278 cm³/mol. The Bertz CT molecular complexity index is 4280. The lowest BCUT2D eigenvalue weighted by Crippen LogP contribution is -2.39. The summed E-state index contributed by atoms with van der Waals surface area (Å²) in [5.41, 5.74) is 14.1. The maximum Gasteiger partial charge on any atom is 0.387 e. The molecule has 0 spiro atoms. The van der Waals surface area contributed by atoms with Gasteiger partial charge in [0.25, 0.3) is 5.82 Å². The number of rotatable bonds is 7. The molecule has 0 radical (unpaired) electrons. The van der Waals surface area contributed by atoms with Crippen LogP contribution < -0.4 is 4.57 Å². The van der Waals surface area contributed by atoms with Crippen LogP contribution >= 0.6 is 0 Å². The smallest absolute Gasteiger partial charge is 0.387 e. The molecule has 10 aromatic carbocycles. The van der Waals surface area contributed by atoms with Crippen molar-refractivity contribution in [3.8, 4) is 45.3 Å². The first-order valence-corrected chi connectivity index (χ1v) is 23.1. The van der Waals surface area contributed by atoms with Crippen LogP contribution in [0, 0.1) is 0 Å². The Kier molecular flexibility index (Phi) is 8.55. The highest BCUT2D eigenvalue weighted by atomic mass is 16.3. The highest BCUT2D eigenvalue weighted by Gasteiger charge is 2.24. The van der Waals surface area contributed by atoms with Gasteiger partial charge in [0.2, 0.25) is 6.33 Å². The summed E-state index contributed by atoms with van der Waals surface area (Å²) < 4.78 is 13.4. The van der Waals surface area contributed by atoms with Crippen molar-refractivity contribution in [1.29, 1.82) is 0 Å². The number of para-hydroxylation sites is 2. The van der Waals surface area contributed by atoms with E-state index in [4.69, 9.17) is 14.4 Å². The van der Waals surface area contributed by atoms with Gasteiger partial charge in [-0.25, -0.2) is 9.13 Å². The lowest BCUT2D eigenvalue weighted by Gasteiger charge is -2.10. The largest absolute Gasteiger partial charge is 0.456 e. The van der Waals surface area contributed by atoms with E-state index in [1.807, 2.05) is 18.5 Å². The Hall–Kier alpha value is -9.13. The lowest BCUT2D eigenvalue weighted by atomic mass is 9.96. The normalized spacial score (nSPS) is 11.9. The van der Waals surface area contributed by atoms with Gasteiger partial charge in [-0.2, -0.15) is 0 Å². The lowest BCUT2D eigenvalue weighted by molar-refractivity contribution is -0.683. The molecule has 14 rings (SSSR count). The van der Waals surface area contributed by atoms with E-state index in [2.05, 4.69) is 226 Å². The topological polar surface area (TPSA) is 52.7 Å². The summed E-state index contributed by atoms with van der Waals surface area (Å²) in [6.45, 7) is 0.657. The molecular formula is C62H40N5O+. The zero-order chi connectivity index (χ0) is 44.7. The van der Waals surface area contributed by atoms with Gasteiger partial charge in [0, 0.05) is 43.4 Å². The first-order valence-electron chi connectivity index (χ1n) is 23.1. The van der Waals surface area contributed by atoms with Gasteiger partial charge in [-0.1, -0.05) is 157 Å². The van der Waals surface area contributed by atoms with Crippen LogP contribution in [-0.2, 0) is 6.54 Å².